The van der Waals surface area contributed by atoms with Gasteiger partial charge in [0.2, 0.25) is 0 Å². The average molecular weight is 447 g/mol. The second-order valence-electron chi connectivity index (χ2n) is 4.57. The number of rotatable bonds is 5. The van der Waals surface area contributed by atoms with Crippen LogP contribution in [0.5, 0.6) is 0 Å². The Hall–Kier alpha value is -1.18. The highest BCUT2D eigenvalue weighted by Crippen LogP contribution is 2.32. The van der Waals surface area contributed by atoms with Gasteiger partial charge in [-0.3, -0.25) is 9.59 Å². The normalized spacial score (nSPS) is 10.3. The summed E-state index contributed by atoms with van der Waals surface area (Å²) in [5, 5.41) is 4.60. The molecule has 0 fully saturated rings. The van der Waals surface area contributed by atoms with E-state index in [1.165, 1.54) is 11.3 Å². The summed E-state index contributed by atoms with van der Waals surface area (Å²) >= 11 is 8.27. The van der Waals surface area contributed by atoms with E-state index in [0.717, 1.165) is 19.4 Å². The van der Waals surface area contributed by atoms with Crippen LogP contribution in [0.2, 0.25) is 0 Å². The molecule has 0 radical (unpaired) electrons. The topological polar surface area (TPSA) is 55.4 Å². The lowest BCUT2D eigenvalue weighted by atomic mass is 10.2. The van der Waals surface area contributed by atoms with E-state index >= 15 is 0 Å². The zero-order valence-corrected chi connectivity index (χ0v) is 15.7. The number of benzene rings is 1. The third-order valence-electron chi connectivity index (χ3n) is 2.71. The predicted molar refractivity (Wildman–Crippen MR) is 94.2 cm³/mol. The number of ether oxygens (including phenoxy) is 1. The molecule has 1 amide bonds. The monoisotopic (exact) mass is 445 g/mol. The van der Waals surface area contributed by atoms with Crippen molar-refractivity contribution >= 4 is 60.8 Å². The molecule has 1 aromatic heterocycles. The Kier molecular flexibility index (Phi) is 6.16. The van der Waals surface area contributed by atoms with Crippen molar-refractivity contribution in [3.05, 3.63) is 49.0 Å². The van der Waals surface area contributed by atoms with Crippen LogP contribution in [0.25, 0.3) is 0 Å². The van der Waals surface area contributed by atoms with Crippen LogP contribution in [0, 0.1) is 6.92 Å². The van der Waals surface area contributed by atoms with Crippen molar-refractivity contribution in [2.45, 2.75) is 13.3 Å². The van der Waals surface area contributed by atoms with E-state index in [2.05, 4.69) is 37.2 Å². The summed E-state index contributed by atoms with van der Waals surface area (Å²) in [7, 11) is 0. The van der Waals surface area contributed by atoms with Crippen molar-refractivity contribution in [3.8, 4) is 0 Å². The molecule has 2 rings (SSSR count). The van der Waals surface area contributed by atoms with E-state index in [9.17, 15) is 9.59 Å². The van der Waals surface area contributed by atoms with Crippen LogP contribution in [0.1, 0.15) is 10.4 Å². The number of amides is 1. The molecule has 2 aromatic rings. The molecule has 0 saturated heterocycles. The Morgan fingerprint density at radius 2 is 1.95 bits per heavy atom. The molecular weight excluding hydrogens is 434 g/mol. The van der Waals surface area contributed by atoms with Gasteiger partial charge in [0, 0.05) is 13.8 Å². The molecule has 0 saturated carbocycles. The fraction of sp³-hybridized carbons (Fsp3) is 0.200. The van der Waals surface area contributed by atoms with Gasteiger partial charge >= 0.3 is 5.97 Å². The first-order chi connectivity index (χ1) is 10.5. The zero-order chi connectivity index (χ0) is 16.1. The number of halogens is 2. The number of thiophene rings is 1. The van der Waals surface area contributed by atoms with Gasteiger partial charge in [0.25, 0.3) is 5.91 Å². The first kappa shape index (κ1) is 17.2. The van der Waals surface area contributed by atoms with Gasteiger partial charge in [0.15, 0.2) is 6.61 Å². The lowest BCUT2D eigenvalue weighted by Crippen LogP contribution is -2.22. The average Bonchev–Trinajstić information content (AvgIpc) is 2.93. The minimum absolute atomic E-state index is 0.183. The lowest BCUT2D eigenvalue weighted by Gasteiger charge is -2.11. The van der Waals surface area contributed by atoms with Crippen molar-refractivity contribution in [2.24, 2.45) is 0 Å². The van der Waals surface area contributed by atoms with Crippen LogP contribution in [0.4, 0.5) is 5.69 Å². The van der Waals surface area contributed by atoms with Crippen LogP contribution in [-0.2, 0) is 20.7 Å². The van der Waals surface area contributed by atoms with Gasteiger partial charge in [0.05, 0.1) is 12.1 Å². The molecule has 1 aromatic carbocycles. The second-order valence-corrected chi connectivity index (χ2v) is 7.31. The molecule has 0 aliphatic carbocycles. The molecule has 0 spiro atoms. The molecule has 1 N–H and O–H groups in total. The maximum atomic E-state index is 11.9. The number of hydrogen-bond acceptors (Lipinski definition) is 4. The second kappa shape index (κ2) is 7.89. The third kappa shape index (κ3) is 4.93. The smallest absolute Gasteiger partial charge is 0.311 e. The number of carbonyl (C=O) groups is 2. The molecular formula is C15H13Br2NO3S. The van der Waals surface area contributed by atoms with Crippen LogP contribution in [0.15, 0.2) is 38.6 Å². The summed E-state index contributed by atoms with van der Waals surface area (Å²) in [6.45, 7) is 1.64. The molecule has 0 unspecified atom stereocenters. The number of nitrogens with one attached hydrogen (secondary N) is 1. The fourth-order valence-corrected chi connectivity index (χ4v) is 4.05. The Bertz CT molecular complexity index is 663. The molecule has 22 heavy (non-hydrogen) atoms. The quantitative estimate of drug-likeness (QED) is 0.696. The maximum absolute atomic E-state index is 11.9. The van der Waals surface area contributed by atoms with E-state index in [1.807, 2.05) is 36.6 Å². The van der Waals surface area contributed by atoms with Gasteiger partial charge in [-0.15, -0.1) is 11.3 Å². The largest absolute Gasteiger partial charge is 0.455 e. The van der Waals surface area contributed by atoms with Gasteiger partial charge < -0.3 is 10.1 Å². The molecule has 0 atom stereocenters. The summed E-state index contributed by atoms with van der Waals surface area (Å²) in [5.74, 6) is -0.801. The van der Waals surface area contributed by atoms with Gasteiger partial charge in [-0.25, -0.2) is 0 Å². The standard InChI is InChI=1S/C15H13Br2NO3S/c1-9-5-11(16)15(12(17)6-9)18-13(19)8-21-14(20)7-10-3-2-4-22-10/h2-6H,7-8H2,1H3,(H,18,19). The molecule has 116 valence electrons. The fourth-order valence-electron chi connectivity index (χ4n) is 1.75. The molecule has 4 nitrogen and oxygen atoms in total. The van der Waals surface area contributed by atoms with Crippen molar-refractivity contribution in [1.29, 1.82) is 0 Å². The number of hydrogen-bond donors (Lipinski definition) is 1. The van der Waals surface area contributed by atoms with E-state index in [4.69, 9.17) is 4.74 Å². The number of anilines is 1. The summed E-state index contributed by atoms with van der Waals surface area (Å²) < 4.78 is 6.50. The summed E-state index contributed by atoms with van der Waals surface area (Å²) in [6.07, 6.45) is 0.183. The van der Waals surface area contributed by atoms with Crippen LogP contribution >= 0.6 is 43.2 Å². The molecule has 0 aliphatic rings. The number of aryl methyl sites for hydroxylation is 1. The number of carbonyl (C=O) groups excluding carboxylic acids is 2. The summed E-state index contributed by atoms with van der Waals surface area (Å²) in [6, 6.07) is 7.51. The van der Waals surface area contributed by atoms with Crippen molar-refractivity contribution in [3.63, 3.8) is 0 Å². The first-order valence-electron chi connectivity index (χ1n) is 6.39. The van der Waals surface area contributed by atoms with Gasteiger partial charge in [-0.1, -0.05) is 6.07 Å². The van der Waals surface area contributed by atoms with Crippen molar-refractivity contribution < 1.29 is 14.3 Å². The lowest BCUT2D eigenvalue weighted by molar-refractivity contribution is -0.146. The molecule has 1 heterocycles. The molecule has 7 heteroatoms. The van der Waals surface area contributed by atoms with Crippen LogP contribution in [0.3, 0.4) is 0 Å². The maximum Gasteiger partial charge on any atom is 0.311 e. The SMILES string of the molecule is Cc1cc(Br)c(NC(=O)COC(=O)Cc2cccs2)c(Br)c1. The Morgan fingerprint density at radius 1 is 1.27 bits per heavy atom. The van der Waals surface area contributed by atoms with E-state index in [1.54, 1.807) is 0 Å². The molecule has 0 aliphatic heterocycles. The Balaban J connectivity index is 1.87. The number of esters is 1. The van der Waals surface area contributed by atoms with Gasteiger partial charge in [-0.05, 0) is 67.9 Å². The Labute approximate surface area is 149 Å². The first-order valence-corrected chi connectivity index (χ1v) is 8.86. The van der Waals surface area contributed by atoms with E-state index in [-0.39, 0.29) is 18.9 Å². The van der Waals surface area contributed by atoms with Gasteiger partial charge in [-0.2, -0.15) is 0 Å². The van der Waals surface area contributed by atoms with E-state index in [0.29, 0.717) is 5.69 Å². The summed E-state index contributed by atoms with van der Waals surface area (Å²) in [5.41, 5.74) is 1.67. The minimum Gasteiger partial charge on any atom is -0.455 e. The zero-order valence-electron chi connectivity index (χ0n) is 11.7. The highest BCUT2D eigenvalue weighted by Gasteiger charge is 2.13. The third-order valence-corrected chi connectivity index (χ3v) is 4.84. The van der Waals surface area contributed by atoms with Crippen LogP contribution in [-0.4, -0.2) is 18.5 Å². The van der Waals surface area contributed by atoms with Gasteiger partial charge in [0.1, 0.15) is 0 Å². The van der Waals surface area contributed by atoms with E-state index < -0.39 is 5.97 Å². The summed E-state index contributed by atoms with van der Waals surface area (Å²) in [4.78, 5) is 24.4. The highest BCUT2D eigenvalue weighted by atomic mass is 79.9. The van der Waals surface area contributed by atoms with Crippen molar-refractivity contribution in [1.82, 2.24) is 0 Å². The Morgan fingerprint density at radius 3 is 2.55 bits per heavy atom. The van der Waals surface area contributed by atoms with Crippen LogP contribution < -0.4 is 5.32 Å². The minimum atomic E-state index is -0.417. The molecule has 0 bridgehead atoms. The van der Waals surface area contributed by atoms with Crippen molar-refractivity contribution in [2.75, 3.05) is 11.9 Å². The predicted octanol–water partition coefficient (Wildman–Crippen LogP) is 4.31. The highest BCUT2D eigenvalue weighted by molar-refractivity contribution is 9.11.